The summed E-state index contributed by atoms with van der Waals surface area (Å²) >= 11 is 0. The Hall–Kier alpha value is -2.06. The van der Waals surface area contributed by atoms with Gasteiger partial charge in [0.2, 0.25) is 0 Å². The summed E-state index contributed by atoms with van der Waals surface area (Å²) in [4.78, 5) is 4.93. The lowest BCUT2D eigenvalue weighted by Gasteiger charge is -2.40. The third-order valence-corrected chi connectivity index (χ3v) is 20.1. The molecule has 0 aromatic heterocycles. The number of allylic oxidation sites excluding steroid dienone is 14. The second-order valence-electron chi connectivity index (χ2n) is 29.4. The molecule has 6 nitrogen and oxygen atoms in total. The molecule has 0 heterocycles. The molecule has 0 amide bonds. The molecule has 2 rings (SSSR count). The van der Waals surface area contributed by atoms with Crippen molar-refractivity contribution < 1.29 is 18.9 Å². The molecule has 0 radical (unpaired) electrons. The summed E-state index contributed by atoms with van der Waals surface area (Å²) in [6, 6.07) is 0. The molecule has 0 aromatic carbocycles. The predicted molar refractivity (Wildman–Crippen MR) is 412 cm³/mol. The smallest absolute Gasteiger partial charge is 0.168 e. The third kappa shape index (κ3) is 56.5. The van der Waals surface area contributed by atoms with Gasteiger partial charge in [-0.1, -0.05) is 254 Å². The molecule has 0 bridgehead atoms. The molecule has 6 heteroatoms. The zero-order valence-electron chi connectivity index (χ0n) is 63.3. The maximum atomic E-state index is 6.80. The highest BCUT2D eigenvalue weighted by Gasteiger charge is 2.41. The molecule has 2 aliphatic rings. The number of hydrogen-bond donors (Lipinski definition) is 0. The van der Waals surface area contributed by atoms with E-state index < -0.39 is 0 Å². The molecule has 2 unspecified atom stereocenters. The van der Waals surface area contributed by atoms with Crippen LogP contribution in [0.3, 0.4) is 0 Å². The van der Waals surface area contributed by atoms with Crippen molar-refractivity contribution in [1.82, 2.24) is 9.80 Å². The Morgan fingerprint density at radius 1 is 0.280 bits per heavy atom. The number of ether oxygens (including phenoxy) is 4. The van der Waals surface area contributed by atoms with Crippen LogP contribution in [0.25, 0.3) is 0 Å². The average Bonchev–Trinajstić information content (AvgIpc) is 1.88. The van der Waals surface area contributed by atoms with Gasteiger partial charge in [-0.3, -0.25) is 0 Å². The fourth-order valence-corrected chi connectivity index (χ4v) is 13.7. The molecule has 0 saturated heterocycles. The van der Waals surface area contributed by atoms with Crippen LogP contribution < -0.4 is 0 Å². The Labute approximate surface area is 581 Å². The number of nitrogens with zero attached hydrogens (tertiary/aromatic N) is 2. The van der Waals surface area contributed by atoms with Gasteiger partial charge in [-0.25, -0.2) is 0 Å². The maximum absolute atomic E-state index is 6.80. The van der Waals surface area contributed by atoms with Crippen LogP contribution >= 0.6 is 0 Å². The minimum atomic E-state index is -0.354. The van der Waals surface area contributed by atoms with Crippen LogP contribution in [0.5, 0.6) is 0 Å². The molecule has 2 atom stereocenters. The van der Waals surface area contributed by atoms with Crippen molar-refractivity contribution in [3.63, 3.8) is 0 Å². The number of unbranched alkanes of at least 4 members (excludes halogenated alkanes) is 36. The Kier molecular flexibility index (Phi) is 62.8. The second-order valence-corrected chi connectivity index (χ2v) is 29.4. The van der Waals surface area contributed by atoms with Crippen LogP contribution in [-0.2, 0) is 18.9 Å². The van der Waals surface area contributed by atoms with E-state index in [0.29, 0.717) is 0 Å². The lowest BCUT2D eigenvalue weighted by Crippen LogP contribution is -2.41. The summed E-state index contributed by atoms with van der Waals surface area (Å²) in [6.07, 6.45) is 104. The van der Waals surface area contributed by atoms with Crippen molar-refractivity contribution >= 4 is 0 Å². The van der Waals surface area contributed by atoms with Gasteiger partial charge in [-0.2, -0.15) is 0 Å². The van der Waals surface area contributed by atoms with Gasteiger partial charge in [-0.15, -0.1) is 0 Å². The van der Waals surface area contributed by atoms with E-state index in [0.717, 1.165) is 109 Å². The molecule has 93 heavy (non-hydrogen) atoms. The summed E-state index contributed by atoms with van der Waals surface area (Å²) < 4.78 is 27.0. The largest absolute Gasteiger partial charge is 0.350 e. The minimum absolute atomic E-state index is 0.330. The Balaban J connectivity index is 1.54. The highest BCUT2D eigenvalue weighted by atomic mass is 16.7. The topological polar surface area (TPSA) is 43.4 Å². The summed E-state index contributed by atoms with van der Waals surface area (Å²) in [6.45, 7) is 13.9. The van der Waals surface area contributed by atoms with E-state index in [1.807, 2.05) is 0 Å². The van der Waals surface area contributed by atoms with Crippen molar-refractivity contribution in [2.75, 3.05) is 67.2 Å². The van der Waals surface area contributed by atoms with E-state index in [1.54, 1.807) is 0 Å². The van der Waals surface area contributed by atoms with E-state index in [4.69, 9.17) is 18.9 Å². The maximum Gasteiger partial charge on any atom is 0.168 e. The SMILES string of the molecule is CCCCC/C=C\C/C=C\CCCCCCCOC1(OCCCCCCC/C=C\C/C=C\CCCCC)CCC(CCN(C)CCCCCC/C=C\C/C=C\CCCCCCCOC2(OCCCCCCCCCC/C=C\CCCCC)CCC(CCN(C)C)C2)CC1. The first-order valence-corrected chi connectivity index (χ1v) is 41.3. The third-order valence-electron chi connectivity index (χ3n) is 20.1. The first-order valence-electron chi connectivity index (χ1n) is 41.3. The van der Waals surface area contributed by atoms with Gasteiger partial charge in [-0.05, 0) is 239 Å². The van der Waals surface area contributed by atoms with Crippen molar-refractivity contribution in [1.29, 1.82) is 0 Å². The van der Waals surface area contributed by atoms with E-state index in [9.17, 15) is 0 Å². The van der Waals surface area contributed by atoms with E-state index in [1.165, 1.54) is 308 Å². The van der Waals surface area contributed by atoms with Gasteiger partial charge in [0, 0.05) is 25.7 Å². The standard InChI is InChI=1S/C87H160N2O4/c1-7-10-13-16-19-22-25-28-34-39-44-49-54-59-64-79-90-86(91-80-65-60-55-50-45-40-35-29-26-23-20-17-14-11-8-2)73-68-84(69-74-86)72-78-89(6)76-63-58-53-48-43-38-33-31-32-37-42-47-52-57-62-67-82-93-87(75-70-85(83-87)71-77-88(4)5)92-81-66-61-56-51-46-41-36-30-27-24-21-18-15-12-9-3/h19-24,28-29,32-35,37-38,84-85H,7-18,25-27,30-31,36,39-83H2,1-6H3/b22-19-,23-20-,24-21-,34-28-,35-29-,37-32-,38-33-. The zero-order chi connectivity index (χ0) is 66.6. The van der Waals surface area contributed by atoms with Gasteiger partial charge in [0.15, 0.2) is 11.6 Å². The summed E-state index contributed by atoms with van der Waals surface area (Å²) in [5.41, 5.74) is 0. The summed E-state index contributed by atoms with van der Waals surface area (Å²) in [5, 5.41) is 0. The normalized spacial score (nSPS) is 17.6. The fourth-order valence-electron chi connectivity index (χ4n) is 13.7. The van der Waals surface area contributed by atoms with Gasteiger partial charge < -0.3 is 28.7 Å². The summed E-state index contributed by atoms with van der Waals surface area (Å²) in [5.74, 6) is 0.835. The van der Waals surface area contributed by atoms with Crippen molar-refractivity contribution in [2.24, 2.45) is 11.8 Å². The molecule has 2 fully saturated rings. The van der Waals surface area contributed by atoms with Crippen LogP contribution in [0.2, 0.25) is 0 Å². The lowest BCUT2D eigenvalue weighted by molar-refractivity contribution is -0.257. The predicted octanol–water partition coefficient (Wildman–Crippen LogP) is 27.0. The fraction of sp³-hybridized carbons (Fsp3) is 0.839. The van der Waals surface area contributed by atoms with E-state index in [2.05, 4.69) is 137 Å². The molecular formula is C87H160N2O4. The van der Waals surface area contributed by atoms with Gasteiger partial charge in [0.25, 0.3) is 0 Å². The summed E-state index contributed by atoms with van der Waals surface area (Å²) in [7, 11) is 6.75. The first kappa shape index (κ1) is 87.0. The first-order chi connectivity index (χ1) is 45.9. The highest BCUT2D eigenvalue weighted by molar-refractivity contribution is 4.95. The molecule has 0 spiro atoms. The van der Waals surface area contributed by atoms with Crippen molar-refractivity contribution in [2.45, 2.75) is 392 Å². The monoisotopic (exact) mass is 1300 g/mol. The average molecular weight is 1300 g/mol. The molecule has 0 aliphatic heterocycles. The Morgan fingerprint density at radius 2 is 0.548 bits per heavy atom. The number of rotatable bonds is 70. The molecule has 0 aromatic rings. The van der Waals surface area contributed by atoms with Gasteiger partial charge in [0.05, 0.1) is 26.4 Å². The van der Waals surface area contributed by atoms with Gasteiger partial charge >= 0.3 is 0 Å². The van der Waals surface area contributed by atoms with E-state index >= 15 is 0 Å². The van der Waals surface area contributed by atoms with E-state index in [-0.39, 0.29) is 11.6 Å². The minimum Gasteiger partial charge on any atom is -0.350 e. The van der Waals surface area contributed by atoms with Gasteiger partial charge in [0.1, 0.15) is 0 Å². The van der Waals surface area contributed by atoms with Crippen molar-refractivity contribution in [3.05, 3.63) is 85.1 Å². The zero-order valence-corrected chi connectivity index (χ0v) is 63.3. The Bertz CT molecular complexity index is 1710. The van der Waals surface area contributed by atoms with Crippen LogP contribution in [0.4, 0.5) is 0 Å². The van der Waals surface area contributed by atoms with Crippen LogP contribution in [0.15, 0.2) is 85.1 Å². The number of hydrogen-bond acceptors (Lipinski definition) is 6. The van der Waals surface area contributed by atoms with Crippen molar-refractivity contribution in [3.8, 4) is 0 Å². The van der Waals surface area contributed by atoms with Crippen LogP contribution in [0, 0.1) is 11.8 Å². The quantitative estimate of drug-likeness (QED) is 0.0343. The van der Waals surface area contributed by atoms with Crippen LogP contribution in [0.1, 0.15) is 380 Å². The second kappa shape index (κ2) is 67.1. The lowest BCUT2D eigenvalue weighted by atomic mass is 9.83. The Morgan fingerprint density at radius 3 is 0.892 bits per heavy atom. The molecule has 2 saturated carbocycles. The molecular weight excluding hydrogens is 1140 g/mol. The molecule has 0 N–H and O–H groups in total. The van der Waals surface area contributed by atoms with Crippen LogP contribution in [-0.4, -0.2) is 88.6 Å². The highest BCUT2D eigenvalue weighted by Crippen LogP contribution is 2.41. The molecule has 542 valence electrons. The molecule has 2 aliphatic carbocycles.